The molecular weight excluding hydrogens is 352 g/mol. The van der Waals surface area contributed by atoms with E-state index in [4.69, 9.17) is 0 Å². The van der Waals surface area contributed by atoms with Gasteiger partial charge in [-0.15, -0.1) is 0 Å². The van der Waals surface area contributed by atoms with Crippen LogP contribution in [0, 0.1) is 0 Å². The first-order valence-electron chi connectivity index (χ1n) is 9.64. The van der Waals surface area contributed by atoms with Gasteiger partial charge >= 0.3 is 0 Å². The summed E-state index contributed by atoms with van der Waals surface area (Å²) in [7, 11) is 2.11. The van der Waals surface area contributed by atoms with E-state index in [1.54, 1.807) is 18.2 Å². The molecule has 2 heterocycles. The summed E-state index contributed by atoms with van der Waals surface area (Å²) in [6.45, 7) is 2.23. The third-order valence-corrected chi connectivity index (χ3v) is 5.48. The maximum Gasteiger partial charge on any atom is 0.274 e. The number of carbonyl (C=O) groups excluding carboxylic acids is 1. The van der Waals surface area contributed by atoms with Crippen molar-refractivity contribution in [2.45, 2.75) is 25.4 Å². The molecule has 0 unspecified atom stereocenters. The number of nitrogens with zero attached hydrogens (tertiary/aromatic N) is 3. The largest absolute Gasteiger partial charge is 0.336 e. The number of H-pyrrole nitrogens is 1. The number of carbonyl (C=O) groups is 1. The van der Waals surface area contributed by atoms with Gasteiger partial charge in [-0.3, -0.25) is 14.5 Å². The first-order chi connectivity index (χ1) is 13.6. The number of nitrogens with one attached hydrogen (secondary N) is 1. The molecule has 2 aromatic carbocycles. The summed E-state index contributed by atoms with van der Waals surface area (Å²) in [6.07, 6.45) is 2.02. The minimum Gasteiger partial charge on any atom is -0.336 e. The molecule has 0 radical (unpaired) electrons. The zero-order chi connectivity index (χ0) is 19.5. The Balaban J connectivity index is 1.53. The van der Waals surface area contributed by atoms with Crippen molar-refractivity contribution in [3.8, 4) is 0 Å². The van der Waals surface area contributed by atoms with Crippen molar-refractivity contribution < 1.29 is 4.79 Å². The normalized spacial score (nSPS) is 17.2. The molecule has 3 aromatic rings. The van der Waals surface area contributed by atoms with Gasteiger partial charge in [-0.1, -0.05) is 48.5 Å². The molecule has 144 valence electrons. The van der Waals surface area contributed by atoms with E-state index in [9.17, 15) is 9.59 Å². The molecule has 4 rings (SSSR count). The molecule has 1 amide bonds. The monoisotopic (exact) mass is 376 g/mol. The van der Waals surface area contributed by atoms with Crippen LogP contribution in [0.5, 0.6) is 0 Å². The van der Waals surface area contributed by atoms with Crippen molar-refractivity contribution in [3.63, 3.8) is 0 Å². The molecule has 1 saturated heterocycles. The van der Waals surface area contributed by atoms with E-state index in [2.05, 4.69) is 34.3 Å². The molecule has 0 spiro atoms. The van der Waals surface area contributed by atoms with Gasteiger partial charge < -0.3 is 4.90 Å². The minimum atomic E-state index is -0.272. The number of hydrogen-bond donors (Lipinski definition) is 1. The fourth-order valence-electron chi connectivity index (χ4n) is 3.93. The van der Waals surface area contributed by atoms with E-state index < -0.39 is 0 Å². The molecule has 1 fully saturated rings. The summed E-state index contributed by atoms with van der Waals surface area (Å²) in [6, 6.07) is 17.8. The first kappa shape index (κ1) is 18.4. The number of aromatic nitrogens is 2. The van der Waals surface area contributed by atoms with Gasteiger partial charge in [0.25, 0.3) is 11.5 Å². The summed E-state index contributed by atoms with van der Waals surface area (Å²) in [5.74, 6) is -0.120. The Hall–Kier alpha value is -2.99. The third kappa shape index (κ3) is 3.68. The summed E-state index contributed by atoms with van der Waals surface area (Å²) in [4.78, 5) is 29.3. The van der Waals surface area contributed by atoms with E-state index in [1.165, 1.54) is 5.56 Å². The summed E-state index contributed by atoms with van der Waals surface area (Å²) in [5.41, 5.74) is 1.31. The van der Waals surface area contributed by atoms with E-state index in [-0.39, 0.29) is 11.5 Å². The number of likely N-dealkylation sites (tertiary alicyclic amines) is 1. The summed E-state index contributed by atoms with van der Waals surface area (Å²) < 4.78 is 0. The zero-order valence-electron chi connectivity index (χ0n) is 16.0. The lowest BCUT2D eigenvalue weighted by Gasteiger charge is -2.37. The number of piperidine rings is 1. The lowest BCUT2D eigenvalue weighted by Crippen LogP contribution is -2.48. The molecule has 1 aliphatic heterocycles. The molecule has 1 aliphatic rings. The van der Waals surface area contributed by atoms with Gasteiger partial charge in [-0.25, -0.2) is 5.10 Å². The van der Waals surface area contributed by atoms with Gasteiger partial charge in [0, 0.05) is 31.1 Å². The molecule has 6 nitrogen and oxygen atoms in total. The molecule has 1 aromatic heterocycles. The standard InChI is InChI=1S/C22H24N4O2/c1-25(14-16-8-3-2-4-9-16)17-10-7-13-26(15-17)22(28)20-18-11-5-6-12-19(18)21(27)24-23-20/h2-6,8-9,11-12,17H,7,10,13-15H2,1H3,(H,24,27)/t17-/m0/s1. The van der Waals surface area contributed by atoms with Gasteiger partial charge in [0.2, 0.25) is 0 Å². The molecule has 0 saturated carbocycles. The Kier molecular flexibility index (Phi) is 5.21. The Labute approximate surface area is 163 Å². The number of aromatic amines is 1. The van der Waals surface area contributed by atoms with Crippen LogP contribution < -0.4 is 5.56 Å². The van der Waals surface area contributed by atoms with Crippen LogP contribution >= 0.6 is 0 Å². The van der Waals surface area contributed by atoms with E-state index in [0.717, 1.165) is 19.4 Å². The number of rotatable bonds is 4. The molecular formula is C22H24N4O2. The highest BCUT2D eigenvalue weighted by Crippen LogP contribution is 2.20. The van der Waals surface area contributed by atoms with Gasteiger partial charge in [-0.05, 0) is 31.5 Å². The predicted molar refractivity (Wildman–Crippen MR) is 109 cm³/mol. The van der Waals surface area contributed by atoms with Crippen LogP contribution in [-0.2, 0) is 6.54 Å². The second-order valence-corrected chi connectivity index (χ2v) is 7.39. The zero-order valence-corrected chi connectivity index (χ0v) is 16.0. The van der Waals surface area contributed by atoms with Gasteiger partial charge in [0.1, 0.15) is 0 Å². The Morgan fingerprint density at radius 3 is 2.64 bits per heavy atom. The molecule has 0 bridgehead atoms. The number of hydrogen-bond acceptors (Lipinski definition) is 4. The number of likely N-dealkylation sites (N-methyl/N-ethyl adjacent to an activating group) is 1. The fourth-order valence-corrected chi connectivity index (χ4v) is 3.93. The molecule has 1 atom stereocenters. The fraction of sp³-hybridized carbons (Fsp3) is 0.318. The topological polar surface area (TPSA) is 69.3 Å². The van der Waals surface area contributed by atoms with Crippen LogP contribution in [0.1, 0.15) is 28.9 Å². The number of benzene rings is 2. The van der Waals surface area contributed by atoms with Crippen molar-refractivity contribution in [1.82, 2.24) is 20.0 Å². The van der Waals surface area contributed by atoms with Crippen LogP contribution in [0.4, 0.5) is 0 Å². The Morgan fingerprint density at radius 2 is 1.86 bits per heavy atom. The highest BCUT2D eigenvalue weighted by molar-refractivity contribution is 6.04. The maximum absolute atomic E-state index is 13.2. The van der Waals surface area contributed by atoms with Gasteiger partial charge in [0.15, 0.2) is 5.69 Å². The average molecular weight is 376 g/mol. The second kappa shape index (κ2) is 7.94. The number of amides is 1. The minimum absolute atomic E-state index is 0.120. The quantitative estimate of drug-likeness (QED) is 0.760. The summed E-state index contributed by atoms with van der Waals surface area (Å²) in [5, 5.41) is 7.65. The van der Waals surface area contributed by atoms with Crippen molar-refractivity contribution >= 4 is 16.7 Å². The lowest BCUT2D eigenvalue weighted by molar-refractivity contribution is 0.0597. The molecule has 0 aliphatic carbocycles. The van der Waals surface area contributed by atoms with Gasteiger partial charge in [0.05, 0.1) is 5.39 Å². The SMILES string of the molecule is CN(Cc1ccccc1)[C@H]1CCCN(C(=O)c2n[nH]c(=O)c3ccccc23)C1. The summed E-state index contributed by atoms with van der Waals surface area (Å²) >= 11 is 0. The molecule has 28 heavy (non-hydrogen) atoms. The molecule has 1 N–H and O–H groups in total. The van der Waals surface area contributed by atoms with Crippen molar-refractivity contribution in [1.29, 1.82) is 0 Å². The van der Waals surface area contributed by atoms with Gasteiger partial charge in [-0.2, -0.15) is 5.10 Å². The van der Waals surface area contributed by atoms with Crippen LogP contribution in [0.2, 0.25) is 0 Å². The third-order valence-electron chi connectivity index (χ3n) is 5.48. The van der Waals surface area contributed by atoms with Crippen LogP contribution in [0.3, 0.4) is 0 Å². The van der Waals surface area contributed by atoms with E-state index in [0.29, 0.717) is 35.6 Å². The van der Waals surface area contributed by atoms with E-state index >= 15 is 0 Å². The van der Waals surface area contributed by atoms with Crippen LogP contribution in [0.15, 0.2) is 59.4 Å². The highest BCUT2D eigenvalue weighted by Gasteiger charge is 2.28. The Bertz CT molecular complexity index is 1030. The Morgan fingerprint density at radius 1 is 1.14 bits per heavy atom. The van der Waals surface area contributed by atoms with Crippen molar-refractivity contribution in [2.24, 2.45) is 0 Å². The molecule has 6 heteroatoms. The second-order valence-electron chi connectivity index (χ2n) is 7.39. The average Bonchev–Trinajstić information content (AvgIpc) is 2.74. The predicted octanol–water partition coefficient (Wildman–Crippen LogP) is 2.66. The highest BCUT2D eigenvalue weighted by atomic mass is 16.2. The van der Waals surface area contributed by atoms with Crippen molar-refractivity contribution in [2.75, 3.05) is 20.1 Å². The smallest absolute Gasteiger partial charge is 0.274 e. The maximum atomic E-state index is 13.2. The first-order valence-corrected chi connectivity index (χ1v) is 9.64. The number of fused-ring (bicyclic) bond motifs is 1. The van der Waals surface area contributed by atoms with Crippen LogP contribution in [0.25, 0.3) is 10.8 Å². The van der Waals surface area contributed by atoms with Crippen LogP contribution in [-0.4, -0.2) is 52.1 Å². The lowest BCUT2D eigenvalue weighted by atomic mass is 10.0. The van der Waals surface area contributed by atoms with E-state index in [1.807, 2.05) is 29.2 Å². The van der Waals surface area contributed by atoms with Crippen molar-refractivity contribution in [3.05, 3.63) is 76.2 Å².